The Morgan fingerprint density at radius 3 is 2.38 bits per heavy atom. The Hall–Kier alpha value is -3.80. The smallest absolute Gasteiger partial charge is 0.270 e. The molecule has 0 unspecified atom stereocenters. The number of nitrogens with zero attached hydrogens (tertiary/aromatic N) is 4. The molecule has 1 aliphatic rings. The molecule has 0 radical (unpaired) electrons. The van der Waals surface area contributed by atoms with Gasteiger partial charge in [0.1, 0.15) is 17.3 Å². The molecule has 1 N–H and O–H groups in total. The molecule has 148 valence electrons. The lowest BCUT2D eigenvalue weighted by molar-refractivity contribution is 0.324. The van der Waals surface area contributed by atoms with E-state index in [1.54, 1.807) is 22.9 Å². The molecule has 2 aromatic heterocycles. The standard InChI is InChI=1S/C20H19N5O4/c1-27-15-7-13(8-16(28-2)17(15)29-3)23-20-22-10-12-6-11(9-21)19(26)25(14-4-5-14)18(12)24-20/h6-8,10,14H,4-5H2,1-3H3,(H,22,23,24). The maximum atomic E-state index is 12.6. The first-order chi connectivity index (χ1) is 14.1. The maximum Gasteiger partial charge on any atom is 0.270 e. The number of pyridine rings is 1. The molecule has 0 aliphatic heterocycles. The molecule has 9 heteroatoms. The summed E-state index contributed by atoms with van der Waals surface area (Å²) in [5.41, 5.74) is 0.910. The van der Waals surface area contributed by atoms with E-state index < -0.39 is 0 Å². The number of rotatable bonds is 6. The van der Waals surface area contributed by atoms with Crippen molar-refractivity contribution in [3.63, 3.8) is 0 Å². The van der Waals surface area contributed by atoms with E-state index in [0.29, 0.717) is 39.9 Å². The molecule has 0 spiro atoms. The van der Waals surface area contributed by atoms with Gasteiger partial charge in [0.05, 0.1) is 21.3 Å². The summed E-state index contributed by atoms with van der Waals surface area (Å²) in [5.74, 6) is 1.77. The molecule has 9 nitrogen and oxygen atoms in total. The van der Waals surface area contributed by atoms with E-state index in [9.17, 15) is 10.1 Å². The van der Waals surface area contributed by atoms with Gasteiger partial charge in [-0.15, -0.1) is 0 Å². The number of anilines is 2. The van der Waals surface area contributed by atoms with Crippen LogP contribution < -0.4 is 25.1 Å². The molecule has 29 heavy (non-hydrogen) atoms. The number of fused-ring (bicyclic) bond motifs is 1. The molecule has 1 saturated carbocycles. The van der Waals surface area contributed by atoms with E-state index in [0.717, 1.165) is 12.8 Å². The van der Waals surface area contributed by atoms with Crippen molar-refractivity contribution in [1.82, 2.24) is 14.5 Å². The number of hydrogen-bond donors (Lipinski definition) is 1. The van der Waals surface area contributed by atoms with Crippen LogP contribution in [0.25, 0.3) is 11.0 Å². The average Bonchev–Trinajstić information content (AvgIpc) is 3.57. The van der Waals surface area contributed by atoms with E-state index >= 15 is 0 Å². The van der Waals surface area contributed by atoms with Crippen LogP contribution in [0.2, 0.25) is 0 Å². The van der Waals surface area contributed by atoms with E-state index in [1.165, 1.54) is 27.4 Å². The molecule has 0 atom stereocenters. The summed E-state index contributed by atoms with van der Waals surface area (Å²) >= 11 is 0. The second-order valence-corrected chi connectivity index (χ2v) is 6.59. The molecule has 3 aromatic rings. The highest BCUT2D eigenvalue weighted by Crippen LogP contribution is 2.40. The molecule has 0 bridgehead atoms. The predicted octanol–water partition coefficient (Wildman–Crippen LogP) is 2.77. The van der Waals surface area contributed by atoms with Gasteiger partial charge < -0.3 is 19.5 Å². The van der Waals surface area contributed by atoms with Crippen LogP contribution in [-0.4, -0.2) is 35.9 Å². The zero-order chi connectivity index (χ0) is 20.5. The Labute approximate surface area is 166 Å². The highest BCUT2D eigenvalue weighted by atomic mass is 16.5. The van der Waals surface area contributed by atoms with Crippen LogP contribution in [0.4, 0.5) is 11.6 Å². The number of nitriles is 1. The van der Waals surface area contributed by atoms with Crippen molar-refractivity contribution in [3.05, 3.63) is 40.3 Å². The number of methoxy groups -OCH3 is 3. The molecule has 1 aliphatic carbocycles. The SMILES string of the molecule is COc1cc(Nc2ncc3cc(C#N)c(=O)n(C4CC4)c3n2)cc(OC)c1OC. The van der Waals surface area contributed by atoms with Gasteiger partial charge in [-0.05, 0) is 18.9 Å². The summed E-state index contributed by atoms with van der Waals surface area (Å²) in [7, 11) is 4.61. The molecule has 1 aromatic carbocycles. The summed E-state index contributed by atoms with van der Waals surface area (Å²) in [4.78, 5) is 21.5. The zero-order valence-electron chi connectivity index (χ0n) is 16.2. The minimum Gasteiger partial charge on any atom is -0.493 e. The summed E-state index contributed by atoms with van der Waals surface area (Å²) in [6, 6.07) is 7.03. The third-order valence-corrected chi connectivity index (χ3v) is 4.73. The van der Waals surface area contributed by atoms with Gasteiger partial charge in [-0.25, -0.2) is 4.98 Å². The Morgan fingerprint density at radius 1 is 1.14 bits per heavy atom. The summed E-state index contributed by atoms with van der Waals surface area (Å²) in [6.07, 6.45) is 3.38. The molecule has 4 rings (SSSR count). The highest BCUT2D eigenvalue weighted by molar-refractivity contribution is 5.78. The second kappa shape index (κ2) is 7.31. The van der Waals surface area contributed by atoms with Crippen molar-refractivity contribution in [1.29, 1.82) is 5.26 Å². The lowest BCUT2D eigenvalue weighted by Crippen LogP contribution is -2.23. The fourth-order valence-corrected chi connectivity index (χ4v) is 3.21. The summed E-state index contributed by atoms with van der Waals surface area (Å²) in [6.45, 7) is 0. The lowest BCUT2D eigenvalue weighted by atomic mass is 10.2. The third-order valence-electron chi connectivity index (χ3n) is 4.73. The van der Waals surface area contributed by atoms with Crippen LogP contribution in [0, 0.1) is 11.3 Å². The average molecular weight is 393 g/mol. The summed E-state index contributed by atoms with van der Waals surface area (Å²) < 4.78 is 17.7. The largest absolute Gasteiger partial charge is 0.493 e. The van der Waals surface area contributed by atoms with Crippen molar-refractivity contribution >= 4 is 22.7 Å². The molecule has 1 fully saturated rings. The fraction of sp³-hybridized carbons (Fsp3) is 0.300. The van der Waals surface area contributed by atoms with Gasteiger partial charge in [-0.3, -0.25) is 9.36 Å². The molecular formula is C20H19N5O4. The van der Waals surface area contributed by atoms with E-state index in [2.05, 4.69) is 15.3 Å². The number of ether oxygens (including phenoxy) is 3. The van der Waals surface area contributed by atoms with Gasteiger partial charge in [0.2, 0.25) is 11.7 Å². The van der Waals surface area contributed by atoms with Crippen molar-refractivity contribution in [2.75, 3.05) is 26.6 Å². The number of benzene rings is 1. The van der Waals surface area contributed by atoms with Gasteiger partial charge in [-0.2, -0.15) is 10.2 Å². The van der Waals surface area contributed by atoms with Crippen LogP contribution in [0.1, 0.15) is 24.4 Å². The normalized spacial score (nSPS) is 13.0. The monoisotopic (exact) mass is 393 g/mol. The quantitative estimate of drug-likeness (QED) is 0.680. The van der Waals surface area contributed by atoms with Crippen molar-refractivity contribution < 1.29 is 14.2 Å². The van der Waals surface area contributed by atoms with Gasteiger partial charge >= 0.3 is 0 Å². The first-order valence-electron chi connectivity index (χ1n) is 8.99. The van der Waals surface area contributed by atoms with Crippen molar-refractivity contribution in [2.45, 2.75) is 18.9 Å². The Balaban J connectivity index is 1.79. The molecule has 2 heterocycles. The predicted molar refractivity (Wildman–Crippen MR) is 106 cm³/mol. The number of aromatic nitrogens is 3. The molecule has 0 amide bonds. The van der Waals surface area contributed by atoms with Crippen molar-refractivity contribution in [2.24, 2.45) is 0 Å². The number of nitrogens with one attached hydrogen (secondary N) is 1. The maximum absolute atomic E-state index is 12.6. The first-order valence-corrected chi connectivity index (χ1v) is 8.99. The minimum absolute atomic E-state index is 0.0715. The summed E-state index contributed by atoms with van der Waals surface area (Å²) in [5, 5.41) is 13.0. The van der Waals surface area contributed by atoms with Gasteiger partial charge in [0.25, 0.3) is 5.56 Å². The highest BCUT2D eigenvalue weighted by Gasteiger charge is 2.28. The minimum atomic E-state index is -0.320. The van der Waals surface area contributed by atoms with Crippen LogP contribution in [-0.2, 0) is 0 Å². The van der Waals surface area contributed by atoms with Crippen molar-refractivity contribution in [3.8, 4) is 23.3 Å². The van der Waals surface area contributed by atoms with Gasteiger partial charge in [0, 0.05) is 35.4 Å². The fourth-order valence-electron chi connectivity index (χ4n) is 3.21. The van der Waals surface area contributed by atoms with Gasteiger partial charge in [-0.1, -0.05) is 0 Å². The van der Waals surface area contributed by atoms with E-state index in [-0.39, 0.29) is 17.2 Å². The molecular weight excluding hydrogens is 374 g/mol. The lowest BCUT2D eigenvalue weighted by Gasteiger charge is -2.15. The van der Waals surface area contributed by atoms with Crippen LogP contribution in [0.15, 0.2) is 29.2 Å². The third kappa shape index (κ3) is 3.29. The van der Waals surface area contributed by atoms with Crippen LogP contribution in [0.3, 0.4) is 0 Å². The number of hydrogen-bond acceptors (Lipinski definition) is 8. The Kier molecular flexibility index (Phi) is 4.68. The van der Waals surface area contributed by atoms with E-state index in [1.807, 2.05) is 6.07 Å². The topological polar surface area (TPSA) is 111 Å². The molecule has 0 saturated heterocycles. The van der Waals surface area contributed by atoms with Crippen LogP contribution in [0.5, 0.6) is 17.2 Å². The second-order valence-electron chi connectivity index (χ2n) is 6.59. The Morgan fingerprint density at radius 2 is 1.83 bits per heavy atom. The Bertz CT molecular complexity index is 1170. The van der Waals surface area contributed by atoms with E-state index in [4.69, 9.17) is 14.2 Å². The van der Waals surface area contributed by atoms with Gasteiger partial charge in [0.15, 0.2) is 11.5 Å². The first kappa shape index (κ1) is 18.6. The zero-order valence-corrected chi connectivity index (χ0v) is 16.2. The van der Waals surface area contributed by atoms with Crippen LogP contribution >= 0.6 is 0 Å².